The number of aliphatic hydroxyl groups excluding tert-OH is 2. The van der Waals surface area contributed by atoms with Crippen LogP contribution in [0.1, 0.15) is 17.2 Å². The SMILES string of the molecule is COc1cc(CO)ccc1OCC(O)c1cccc(N)c1. The van der Waals surface area contributed by atoms with Gasteiger partial charge in [-0.2, -0.15) is 0 Å². The molecule has 0 fully saturated rings. The lowest BCUT2D eigenvalue weighted by molar-refractivity contribution is 0.106. The minimum absolute atomic E-state index is 0.0669. The van der Waals surface area contributed by atoms with Gasteiger partial charge in [0.15, 0.2) is 11.5 Å². The van der Waals surface area contributed by atoms with E-state index in [9.17, 15) is 5.11 Å². The topological polar surface area (TPSA) is 84.9 Å². The van der Waals surface area contributed by atoms with Gasteiger partial charge in [0.25, 0.3) is 0 Å². The second kappa shape index (κ2) is 6.97. The van der Waals surface area contributed by atoms with Crippen molar-refractivity contribution in [2.24, 2.45) is 0 Å². The summed E-state index contributed by atoms with van der Waals surface area (Å²) < 4.78 is 10.8. The summed E-state index contributed by atoms with van der Waals surface area (Å²) in [7, 11) is 1.53. The maximum atomic E-state index is 10.1. The van der Waals surface area contributed by atoms with Crippen LogP contribution in [0, 0.1) is 0 Å². The van der Waals surface area contributed by atoms with E-state index in [0.29, 0.717) is 22.7 Å². The van der Waals surface area contributed by atoms with E-state index in [2.05, 4.69) is 0 Å². The summed E-state index contributed by atoms with van der Waals surface area (Å²) in [5.41, 5.74) is 7.71. The first-order valence-corrected chi connectivity index (χ1v) is 6.58. The maximum absolute atomic E-state index is 10.1. The van der Waals surface area contributed by atoms with Crippen LogP contribution < -0.4 is 15.2 Å². The number of methoxy groups -OCH3 is 1. The van der Waals surface area contributed by atoms with E-state index >= 15 is 0 Å². The molecule has 0 saturated carbocycles. The number of ether oxygens (including phenoxy) is 2. The Morgan fingerprint density at radius 1 is 1.14 bits per heavy atom. The van der Waals surface area contributed by atoms with Gasteiger partial charge >= 0.3 is 0 Å². The molecule has 1 atom stereocenters. The van der Waals surface area contributed by atoms with Gasteiger partial charge < -0.3 is 25.4 Å². The third kappa shape index (κ3) is 3.87. The fourth-order valence-corrected chi connectivity index (χ4v) is 1.96. The van der Waals surface area contributed by atoms with Crippen LogP contribution in [0.2, 0.25) is 0 Å². The van der Waals surface area contributed by atoms with Gasteiger partial charge in [0, 0.05) is 5.69 Å². The zero-order valence-electron chi connectivity index (χ0n) is 11.8. The van der Waals surface area contributed by atoms with Crippen molar-refractivity contribution < 1.29 is 19.7 Å². The molecular weight excluding hydrogens is 270 g/mol. The largest absolute Gasteiger partial charge is 0.493 e. The van der Waals surface area contributed by atoms with Crippen molar-refractivity contribution >= 4 is 5.69 Å². The molecule has 0 saturated heterocycles. The van der Waals surface area contributed by atoms with Gasteiger partial charge in [0.05, 0.1) is 13.7 Å². The van der Waals surface area contributed by atoms with Gasteiger partial charge in [-0.05, 0) is 35.4 Å². The van der Waals surface area contributed by atoms with Gasteiger partial charge in [-0.25, -0.2) is 0 Å². The number of rotatable bonds is 6. The summed E-state index contributed by atoms with van der Waals surface area (Å²) in [6.45, 7) is 0.0147. The first-order valence-electron chi connectivity index (χ1n) is 6.58. The molecule has 2 aromatic rings. The molecule has 0 radical (unpaired) electrons. The molecule has 1 unspecified atom stereocenters. The van der Waals surface area contributed by atoms with E-state index in [-0.39, 0.29) is 13.2 Å². The monoisotopic (exact) mass is 289 g/mol. The molecular formula is C16H19NO4. The van der Waals surface area contributed by atoms with Crippen molar-refractivity contribution in [1.29, 1.82) is 0 Å². The highest BCUT2D eigenvalue weighted by Gasteiger charge is 2.11. The van der Waals surface area contributed by atoms with E-state index < -0.39 is 6.10 Å². The second-order valence-electron chi connectivity index (χ2n) is 4.64. The minimum Gasteiger partial charge on any atom is -0.493 e. The Labute approximate surface area is 123 Å². The van der Waals surface area contributed by atoms with Crippen LogP contribution in [0.5, 0.6) is 11.5 Å². The third-order valence-corrected chi connectivity index (χ3v) is 3.10. The van der Waals surface area contributed by atoms with E-state index in [0.717, 1.165) is 5.56 Å². The summed E-state index contributed by atoms with van der Waals surface area (Å²) in [5, 5.41) is 19.2. The predicted molar refractivity (Wildman–Crippen MR) is 80.2 cm³/mol. The third-order valence-electron chi connectivity index (χ3n) is 3.10. The molecule has 21 heavy (non-hydrogen) atoms. The lowest BCUT2D eigenvalue weighted by Crippen LogP contribution is -2.10. The molecule has 0 aromatic heterocycles. The molecule has 2 aromatic carbocycles. The first kappa shape index (κ1) is 15.2. The molecule has 0 spiro atoms. The number of nitrogens with two attached hydrogens (primary N) is 1. The zero-order chi connectivity index (χ0) is 15.2. The Balaban J connectivity index is 2.05. The normalized spacial score (nSPS) is 12.0. The summed E-state index contributed by atoms with van der Waals surface area (Å²) >= 11 is 0. The van der Waals surface area contributed by atoms with Crippen LogP contribution >= 0.6 is 0 Å². The molecule has 0 aliphatic carbocycles. The number of hydrogen-bond acceptors (Lipinski definition) is 5. The predicted octanol–water partition coefficient (Wildman–Crippen LogP) is 1.88. The lowest BCUT2D eigenvalue weighted by atomic mass is 10.1. The van der Waals surface area contributed by atoms with Crippen molar-refractivity contribution in [3.8, 4) is 11.5 Å². The Morgan fingerprint density at radius 2 is 1.95 bits per heavy atom. The number of nitrogen functional groups attached to an aromatic ring is 1. The fraction of sp³-hybridized carbons (Fsp3) is 0.250. The molecule has 0 bridgehead atoms. The maximum Gasteiger partial charge on any atom is 0.161 e. The van der Waals surface area contributed by atoms with Crippen LogP contribution in [0.4, 0.5) is 5.69 Å². The number of benzene rings is 2. The van der Waals surface area contributed by atoms with Crippen LogP contribution in [0.3, 0.4) is 0 Å². The van der Waals surface area contributed by atoms with Crippen LogP contribution in [0.15, 0.2) is 42.5 Å². The molecule has 0 aliphatic heterocycles. The average molecular weight is 289 g/mol. The van der Waals surface area contributed by atoms with E-state index in [1.165, 1.54) is 7.11 Å². The van der Waals surface area contributed by atoms with Crippen LogP contribution in [-0.2, 0) is 6.61 Å². The molecule has 2 rings (SSSR count). The first-order chi connectivity index (χ1) is 10.1. The fourth-order valence-electron chi connectivity index (χ4n) is 1.96. The second-order valence-corrected chi connectivity index (χ2v) is 4.64. The van der Waals surface area contributed by atoms with Crippen molar-refractivity contribution in [1.82, 2.24) is 0 Å². The highest BCUT2D eigenvalue weighted by Crippen LogP contribution is 2.29. The summed E-state index contributed by atoms with van der Waals surface area (Å²) in [6.07, 6.45) is -0.782. The summed E-state index contributed by atoms with van der Waals surface area (Å²) in [6, 6.07) is 12.2. The standard InChI is InChI=1S/C16H19NO4/c1-20-16-7-11(9-18)5-6-15(16)21-10-14(19)12-3-2-4-13(17)8-12/h2-8,14,18-19H,9-10,17H2,1H3. The van der Waals surface area contributed by atoms with Gasteiger partial charge in [0.1, 0.15) is 12.7 Å². The summed E-state index contributed by atoms with van der Waals surface area (Å²) in [4.78, 5) is 0. The molecule has 0 heterocycles. The number of anilines is 1. The van der Waals surface area contributed by atoms with Gasteiger partial charge in [-0.1, -0.05) is 18.2 Å². The van der Waals surface area contributed by atoms with Crippen LogP contribution in [-0.4, -0.2) is 23.9 Å². The van der Waals surface area contributed by atoms with E-state index in [1.807, 2.05) is 0 Å². The zero-order valence-corrected chi connectivity index (χ0v) is 11.8. The van der Waals surface area contributed by atoms with Gasteiger partial charge in [0.2, 0.25) is 0 Å². The van der Waals surface area contributed by atoms with Crippen molar-refractivity contribution in [2.75, 3.05) is 19.5 Å². The molecule has 5 nitrogen and oxygen atoms in total. The minimum atomic E-state index is -0.782. The van der Waals surface area contributed by atoms with Crippen molar-refractivity contribution in [3.05, 3.63) is 53.6 Å². The Morgan fingerprint density at radius 3 is 2.62 bits per heavy atom. The molecule has 5 heteroatoms. The smallest absolute Gasteiger partial charge is 0.161 e. The number of hydrogen-bond donors (Lipinski definition) is 3. The van der Waals surface area contributed by atoms with Gasteiger partial charge in [-0.15, -0.1) is 0 Å². The van der Waals surface area contributed by atoms with Crippen molar-refractivity contribution in [2.45, 2.75) is 12.7 Å². The van der Waals surface area contributed by atoms with Crippen LogP contribution in [0.25, 0.3) is 0 Å². The van der Waals surface area contributed by atoms with Crippen molar-refractivity contribution in [3.63, 3.8) is 0 Å². The Bertz CT molecular complexity index is 601. The molecule has 0 aliphatic rings. The molecule has 4 N–H and O–H groups in total. The van der Waals surface area contributed by atoms with Gasteiger partial charge in [-0.3, -0.25) is 0 Å². The van der Waals surface area contributed by atoms with E-state index in [4.69, 9.17) is 20.3 Å². The quantitative estimate of drug-likeness (QED) is 0.707. The highest BCUT2D eigenvalue weighted by atomic mass is 16.5. The Hall–Kier alpha value is -2.24. The summed E-state index contributed by atoms with van der Waals surface area (Å²) in [5.74, 6) is 1.03. The Kier molecular flexibility index (Phi) is 5.03. The van der Waals surface area contributed by atoms with E-state index in [1.54, 1.807) is 42.5 Å². The molecule has 0 amide bonds. The lowest BCUT2D eigenvalue weighted by Gasteiger charge is -2.15. The molecule has 112 valence electrons. The highest BCUT2D eigenvalue weighted by molar-refractivity contribution is 5.43. The number of aliphatic hydroxyl groups is 2. The average Bonchev–Trinajstić information content (AvgIpc) is 2.52.